The average Bonchev–Trinajstić information content (AvgIpc) is 2.62. The van der Waals surface area contributed by atoms with Crippen LogP contribution < -0.4 is 5.56 Å². The Morgan fingerprint density at radius 3 is 2.79 bits per heavy atom. The van der Waals surface area contributed by atoms with E-state index in [2.05, 4.69) is 27.5 Å². The Bertz CT molecular complexity index is 703. The van der Waals surface area contributed by atoms with Crippen molar-refractivity contribution in [2.75, 3.05) is 5.75 Å². The highest BCUT2D eigenvalue weighted by atomic mass is 79.9. The predicted molar refractivity (Wildman–Crippen MR) is 87.8 cm³/mol. The first-order valence-electron chi connectivity index (χ1n) is 5.92. The molecule has 0 atom stereocenters. The number of hydrogen-bond donors (Lipinski definition) is 0. The minimum Gasteiger partial charge on any atom is -0.287 e. The van der Waals surface area contributed by atoms with Gasteiger partial charge in [0.05, 0.1) is 5.39 Å². The molecule has 0 aliphatic rings. The van der Waals surface area contributed by atoms with Crippen LogP contribution in [0.3, 0.4) is 0 Å². The van der Waals surface area contributed by atoms with Gasteiger partial charge >= 0.3 is 0 Å². The molecular formula is C13H15BrN2OS2. The molecule has 0 aliphatic heterocycles. The predicted octanol–water partition coefficient (Wildman–Crippen LogP) is 4.10. The van der Waals surface area contributed by atoms with Crippen molar-refractivity contribution in [2.24, 2.45) is 0 Å². The molecule has 0 spiro atoms. The Morgan fingerprint density at radius 1 is 1.53 bits per heavy atom. The van der Waals surface area contributed by atoms with E-state index in [9.17, 15) is 4.79 Å². The summed E-state index contributed by atoms with van der Waals surface area (Å²) in [6.45, 7) is 10.4. The summed E-state index contributed by atoms with van der Waals surface area (Å²) in [5.41, 5.74) is 1.12. The first-order chi connectivity index (χ1) is 8.95. The van der Waals surface area contributed by atoms with Gasteiger partial charge < -0.3 is 0 Å². The summed E-state index contributed by atoms with van der Waals surface area (Å²) >= 11 is 6.46. The lowest BCUT2D eigenvalue weighted by atomic mass is 10.2. The summed E-state index contributed by atoms with van der Waals surface area (Å²) < 4.78 is 2.63. The second-order valence-electron chi connectivity index (χ2n) is 4.21. The molecule has 0 unspecified atom stereocenters. The van der Waals surface area contributed by atoms with E-state index < -0.39 is 0 Å². The van der Waals surface area contributed by atoms with Crippen LogP contribution in [0.2, 0.25) is 0 Å². The van der Waals surface area contributed by atoms with Gasteiger partial charge in [-0.25, -0.2) is 4.98 Å². The summed E-state index contributed by atoms with van der Waals surface area (Å²) in [5.74, 6) is 0.710. The fourth-order valence-electron chi connectivity index (χ4n) is 1.84. The van der Waals surface area contributed by atoms with Crippen molar-refractivity contribution in [3.8, 4) is 0 Å². The Hall–Kier alpha value is -0.590. The number of thioether (sulfide) groups is 1. The van der Waals surface area contributed by atoms with Crippen LogP contribution in [0.15, 0.2) is 21.0 Å². The highest BCUT2D eigenvalue weighted by molar-refractivity contribution is 9.11. The zero-order valence-electron chi connectivity index (χ0n) is 11.1. The van der Waals surface area contributed by atoms with Gasteiger partial charge in [0.15, 0.2) is 5.16 Å². The molecule has 102 valence electrons. The topological polar surface area (TPSA) is 34.9 Å². The van der Waals surface area contributed by atoms with Crippen LogP contribution in [0, 0.1) is 13.8 Å². The first kappa shape index (κ1) is 14.8. The molecule has 0 bridgehead atoms. The number of aromatic nitrogens is 2. The van der Waals surface area contributed by atoms with Gasteiger partial charge in [0.1, 0.15) is 4.83 Å². The van der Waals surface area contributed by atoms with Gasteiger partial charge in [0.2, 0.25) is 0 Å². The number of hydrogen-bond acceptors (Lipinski definition) is 4. The van der Waals surface area contributed by atoms with E-state index >= 15 is 0 Å². The zero-order valence-corrected chi connectivity index (χ0v) is 14.3. The molecule has 0 N–H and O–H groups in total. The van der Waals surface area contributed by atoms with E-state index in [0.717, 1.165) is 30.3 Å². The highest BCUT2D eigenvalue weighted by Crippen LogP contribution is 2.29. The van der Waals surface area contributed by atoms with E-state index in [1.807, 2.05) is 20.8 Å². The molecule has 2 heterocycles. The molecule has 2 rings (SSSR count). The summed E-state index contributed by atoms with van der Waals surface area (Å²) in [5, 5.41) is 1.54. The van der Waals surface area contributed by atoms with E-state index in [4.69, 9.17) is 0 Å². The van der Waals surface area contributed by atoms with Crippen LogP contribution >= 0.6 is 39.0 Å². The molecule has 2 aromatic heterocycles. The Balaban J connectivity index is 2.65. The van der Waals surface area contributed by atoms with Gasteiger partial charge in [-0.15, -0.1) is 11.3 Å². The fraction of sp³-hybridized carbons (Fsp3) is 0.385. The van der Waals surface area contributed by atoms with Crippen LogP contribution in [0.4, 0.5) is 0 Å². The Kier molecular flexibility index (Phi) is 4.53. The van der Waals surface area contributed by atoms with E-state index in [-0.39, 0.29) is 5.56 Å². The maximum absolute atomic E-state index is 12.5. The summed E-state index contributed by atoms with van der Waals surface area (Å²) in [6, 6.07) is 0. The van der Waals surface area contributed by atoms with Crippen LogP contribution in [-0.4, -0.2) is 15.3 Å². The summed E-state index contributed by atoms with van der Waals surface area (Å²) in [6.07, 6.45) is 0. The van der Waals surface area contributed by atoms with Crippen LogP contribution in [0.5, 0.6) is 0 Å². The molecule has 0 saturated carbocycles. The van der Waals surface area contributed by atoms with Crippen molar-refractivity contribution in [3.63, 3.8) is 0 Å². The van der Waals surface area contributed by atoms with Crippen molar-refractivity contribution in [2.45, 2.75) is 32.5 Å². The van der Waals surface area contributed by atoms with Gasteiger partial charge in [-0.05, 0) is 30.8 Å². The van der Waals surface area contributed by atoms with Crippen molar-refractivity contribution in [1.82, 2.24) is 9.55 Å². The zero-order chi connectivity index (χ0) is 14.2. The second kappa shape index (κ2) is 5.81. The van der Waals surface area contributed by atoms with Crippen molar-refractivity contribution in [1.29, 1.82) is 0 Å². The number of halogens is 1. The molecule has 0 saturated heterocycles. The standard InChI is InChI=1S/C13H15BrN2OS2/c1-5-16-12(17)10-8(3)9(4)19-11(10)15-13(16)18-6-7(2)14/h2,5-6H2,1,3-4H3. The molecule has 0 fully saturated rings. The summed E-state index contributed by atoms with van der Waals surface area (Å²) in [4.78, 5) is 19.2. The SMILES string of the molecule is C=C(Br)CSc1nc2sc(C)c(C)c2c(=O)n1CC. The lowest BCUT2D eigenvalue weighted by Gasteiger charge is -2.09. The number of thiophene rings is 1. The quantitative estimate of drug-likeness (QED) is 0.609. The van der Waals surface area contributed by atoms with Crippen molar-refractivity contribution < 1.29 is 0 Å². The minimum absolute atomic E-state index is 0.0667. The van der Waals surface area contributed by atoms with Crippen molar-refractivity contribution >= 4 is 49.2 Å². The van der Waals surface area contributed by atoms with E-state index in [0.29, 0.717) is 12.3 Å². The molecule has 0 aliphatic carbocycles. The molecule has 0 radical (unpaired) electrons. The number of aryl methyl sites for hydroxylation is 2. The third-order valence-electron chi connectivity index (χ3n) is 2.93. The highest BCUT2D eigenvalue weighted by Gasteiger charge is 2.15. The maximum atomic E-state index is 12.5. The monoisotopic (exact) mass is 358 g/mol. The van der Waals surface area contributed by atoms with Gasteiger partial charge in [0, 0.05) is 17.2 Å². The molecular weight excluding hydrogens is 344 g/mol. The fourth-order valence-corrected chi connectivity index (χ4v) is 4.07. The van der Waals surface area contributed by atoms with Crippen LogP contribution in [-0.2, 0) is 6.54 Å². The number of nitrogens with zero attached hydrogens (tertiary/aromatic N) is 2. The van der Waals surface area contributed by atoms with Gasteiger partial charge in [-0.1, -0.05) is 34.3 Å². The molecule has 0 amide bonds. The first-order valence-corrected chi connectivity index (χ1v) is 8.51. The molecule has 19 heavy (non-hydrogen) atoms. The molecule has 3 nitrogen and oxygen atoms in total. The third-order valence-corrected chi connectivity index (χ3v) is 5.74. The number of fused-ring (bicyclic) bond motifs is 1. The normalized spacial score (nSPS) is 11.2. The minimum atomic E-state index is 0.0667. The van der Waals surface area contributed by atoms with Crippen LogP contribution in [0.25, 0.3) is 10.2 Å². The lowest BCUT2D eigenvalue weighted by Crippen LogP contribution is -2.22. The Labute approximate surface area is 128 Å². The van der Waals surface area contributed by atoms with E-state index in [1.165, 1.54) is 11.8 Å². The second-order valence-corrected chi connectivity index (χ2v) is 7.48. The summed E-state index contributed by atoms with van der Waals surface area (Å²) in [7, 11) is 0. The van der Waals surface area contributed by atoms with Gasteiger partial charge in [-0.2, -0.15) is 0 Å². The molecule has 6 heteroatoms. The van der Waals surface area contributed by atoms with E-state index in [1.54, 1.807) is 15.9 Å². The van der Waals surface area contributed by atoms with Crippen LogP contribution in [0.1, 0.15) is 17.4 Å². The Morgan fingerprint density at radius 2 is 2.21 bits per heavy atom. The lowest BCUT2D eigenvalue weighted by molar-refractivity contribution is 0.635. The largest absolute Gasteiger partial charge is 0.287 e. The molecule has 2 aromatic rings. The van der Waals surface area contributed by atoms with Gasteiger partial charge in [0.25, 0.3) is 5.56 Å². The third kappa shape index (κ3) is 2.80. The van der Waals surface area contributed by atoms with Gasteiger partial charge in [-0.3, -0.25) is 9.36 Å². The van der Waals surface area contributed by atoms with Crippen molar-refractivity contribution in [3.05, 3.63) is 31.9 Å². The number of rotatable bonds is 4. The smallest absolute Gasteiger partial charge is 0.263 e. The molecule has 0 aromatic carbocycles. The average molecular weight is 359 g/mol. The maximum Gasteiger partial charge on any atom is 0.263 e.